The molecule has 1 aromatic carbocycles. The van der Waals surface area contributed by atoms with Gasteiger partial charge in [-0.25, -0.2) is 4.85 Å². The molecule has 0 spiro atoms. The van der Waals surface area contributed by atoms with Gasteiger partial charge in [0, 0.05) is 5.02 Å². The molecule has 0 saturated heterocycles. The molecule has 3 heteroatoms. The topological polar surface area (TPSA) is 24.6 Å². The molecule has 0 amide bonds. The van der Waals surface area contributed by atoms with E-state index in [1.165, 1.54) is 6.07 Å². The molecule has 0 aromatic heterocycles. The number of hydrogen-bond acceptors (Lipinski definition) is 1. The lowest BCUT2D eigenvalue weighted by atomic mass is 10.2. The summed E-state index contributed by atoms with van der Waals surface area (Å²) < 4.78 is 0. The maximum Gasteiger partial charge on any atom is 0.229 e. The van der Waals surface area contributed by atoms with E-state index in [0.29, 0.717) is 10.6 Å². The molecular weight excluding hydrogens is 162 g/mol. The molecule has 0 bridgehead atoms. The largest absolute Gasteiger partial charge is 0.519 e. The summed E-state index contributed by atoms with van der Waals surface area (Å²) in [5.41, 5.74) is 0.832. The fourth-order valence-electron chi connectivity index (χ4n) is 0.803. The van der Waals surface area contributed by atoms with Crippen molar-refractivity contribution in [2.75, 3.05) is 0 Å². The van der Waals surface area contributed by atoms with Crippen LogP contribution in [0.15, 0.2) is 12.1 Å². The van der Waals surface area contributed by atoms with Gasteiger partial charge in [0.05, 0.1) is 6.57 Å². The Hall–Kier alpha value is -1.20. The summed E-state index contributed by atoms with van der Waals surface area (Å²) in [6.45, 7) is 8.39. The zero-order valence-corrected chi connectivity index (χ0v) is 6.68. The van der Waals surface area contributed by atoms with Gasteiger partial charge < -0.3 is 5.11 Å². The third kappa shape index (κ3) is 1.44. The number of phenolic OH excluding ortho intramolecular Hbond substituents is 1. The average Bonchev–Trinajstić information content (AvgIpc) is 1.96. The van der Waals surface area contributed by atoms with Crippen LogP contribution in [0.2, 0.25) is 5.02 Å². The first-order valence-corrected chi connectivity index (χ1v) is 3.39. The Morgan fingerprint density at radius 3 is 2.73 bits per heavy atom. The van der Waals surface area contributed by atoms with Gasteiger partial charge in [-0.1, -0.05) is 11.6 Å². The number of benzene rings is 1. The molecule has 0 unspecified atom stereocenters. The molecule has 1 N–H and O–H groups in total. The second-order valence-corrected chi connectivity index (χ2v) is 2.64. The molecule has 2 nitrogen and oxygen atoms in total. The lowest BCUT2D eigenvalue weighted by Gasteiger charge is -2.00. The minimum Gasteiger partial charge on any atom is -0.519 e. The second-order valence-electron chi connectivity index (χ2n) is 2.20. The SMILES string of the molecule is [C-]#[N+]c1cc(Cl)cc(C)c1O. The first-order valence-electron chi connectivity index (χ1n) is 3.01. The van der Waals surface area contributed by atoms with Crippen LogP contribution in [0.1, 0.15) is 5.56 Å². The predicted molar refractivity (Wildman–Crippen MR) is 44.1 cm³/mol. The van der Waals surface area contributed by atoms with Gasteiger partial charge in [0.2, 0.25) is 5.69 Å². The van der Waals surface area contributed by atoms with Crippen LogP contribution in [0.25, 0.3) is 4.85 Å². The second kappa shape index (κ2) is 2.81. The number of hydrogen-bond donors (Lipinski definition) is 1. The van der Waals surface area contributed by atoms with E-state index in [1.807, 2.05) is 0 Å². The Morgan fingerprint density at radius 2 is 2.18 bits per heavy atom. The predicted octanol–water partition coefficient (Wildman–Crippen LogP) is 2.90. The standard InChI is InChI=1S/C8H6ClNO/c1-5-3-6(9)4-7(10-2)8(5)11/h3-4,11H,1H3. The maximum atomic E-state index is 9.25. The van der Waals surface area contributed by atoms with E-state index in [4.69, 9.17) is 18.2 Å². The molecule has 0 aliphatic carbocycles. The first-order chi connectivity index (χ1) is 5.15. The number of aryl methyl sites for hydroxylation is 1. The first kappa shape index (κ1) is 7.90. The van der Waals surface area contributed by atoms with Crippen LogP contribution in [-0.4, -0.2) is 5.11 Å². The van der Waals surface area contributed by atoms with E-state index in [0.717, 1.165) is 0 Å². The minimum atomic E-state index is 0.0180. The summed E-state index contributed by atoms with van der Waals surface area (Å²) in [6, 6.07) is 3.06. The van der Waals surface area contributed by atoms with Crippen molar-refractivity contribution in [3.8, 4) is 5.75 Å². The van der Waals surface area contributed by atoms with Gasteiger partial charge in [-0.05, 0) is 24.6 Å². The van der Waals surface area contributed by atoms with Crippen molar-refractivity contribution in [3.05, 3.63) is 34.1 Å². The average molecular weight is 168 g/mol. The molecule has 0 aliphatic heterocycles. The van der Waals surface area contributed by atoms with Crippen LogP contribution in [0.5, 0.6) is 5.75 Å². The van der Waals surface area contributed by atoms with Crippen LogP contribution in [0.3, 0.4) is 0 Å². The molecule has 1 aromatic rings. The van der Waals surface area contributed by atoms with Crippen molar-refractivity contribution in [3.63, 3.8) is 0 Å². The summed E-state index contributed by atoms with van der Waals surface area (Å²) >= 11 is 5.65. The van der Waals surface area contributed by atoms with Gasteiger partial charge in [-0.3, -0.25) is 0 Å². The Labute approximate surface area is 69.9 Å². The van der Waals surface area contributed by atoms with Gasteiger partial charge in [0.15, 0.2) is 0 Å². The van der Waals surface area contributed by atoms with Crippen molar-refractivity contribution in [1.82, 2.24) is 0 Å². The number of halogens is 1. The molecule has 1 rings (SSSR count). The van der Waals surface area contributed by atoms with Gasteiger partial charge in [0.25, 0.3) is 0 Å². The third-order valence-electron chi connectivity index (χ3n) is 1.37. The molecule has 0 heterocycles. The summed E-state index contributed by atoms with van der Waals surface area (Å²) in [5, 5.41) is 9.73. The van der Waals surface area contributed by atoms with Gasteiger partial charge in [-0.15, -0.1) is 0 Å². The van der Waals surface area contributed by atoms with Gasteiger partial charge in [0.1, 0.15) is 5.75 Å². The Kier molecular flexibility index (Phi) is 2.02. The fourth-order valence-corrected chi connectivity index (χ4v) is 1.07. The van der Waals surface area contributed by atoms with Crippen molar-refractivity contribution in [2.45, 2.75) is 6.92 Å². The highest BCUT2D eigenvalue weighted by molar-refractivity contribution is 6.31. The molecule has 0 atom stereocenters. The maximum absolute atomic E-state index is 9.25. The zero-order chi connectivity index (χ0) is 8.43. The highest BCUT2D eigenvalue weighted by Crippen LogP contribution is 2.32. The van der Waals surface area contributed by atoms with Gasteiger partial charge >= 0.3 is 0 Å². The molecular formula is C8H6ClNO. The van der Waals surface area contributed by atoms with Crippen LogP contribution < -0.4 is 0 Å². The number of aromatic hydroxyl groups is 1. The van der Waals surface area contributed by atoms with E-state index in [-0.39, 0.29) is 11.4 Å². The van der Waals surface area contributed by atoms with Crippen molar-refractivity contribution < 1.29 is 5.11 Å². The van der Waals surface area contributed by atoms with Crippen molar-refractivity contribution in [1.29, 1.82) is 0 Å². The highest BCUT2D eigenvalue weighted by Gasteiger charge is 2.04. The van der Waals surface area contributed by atoms with E-state index in [9.17, 15) is 5.11 Å². The molecule has 0 radical (unpaired) electrons. The lowest BCUT2D eigenvalue weighted by Crippen LogP contribution is -1.74. The number of rotatable bonds is 0. The van der Waals surface area contributed by atoms with Crippen LogP contribution in [0, 0.1) is 13.5 Å². The quantitative estimate of drug-likeness (QED) is 0.591. The fraction of sp³-hybridized carbons (Fsp3) is 0.125. The summed E-state index contributed by atoms with van der Waals surface area (Å²) in [5.74, 6) is 0.0180. The smallest absolute Gasteiger partial charge is 0.229 e. The molecule has 0 aliphatic rings. The van der Waals surface area contributed by atoms with Crippen molar-refractivity contribution in [2.24, 2.45) is 0 Å². The monoisotopic (exact) mass is 167 g/mol. The Bertz CT molecular complexity index is 328. The number of nitrogens with zero attached hydrogens (tertiary/aromatic N) is 1. The van der Waals surface area contributed by atoms with E-state index in [2.05, 4.69) is 4.85 Å². The molecule has 56 valence electrons. The van der Waals surface area contributed by atoms with E-state index < -0.39 is 0 Å². The van der Waals surface area contributed by atoms with Gasteiger partial charge in [-0.2, -0.15) is 0 Å². The normalized spacial score (nSPS) is 9.18. The third-order valence-corrected chi connectivity index (χ3v) is 1.58. The van der Waals surface area contributed by atoms with Crippen molar-refractivity contribution >= 4 is 17.3 Å². The van der Waals surface area contributed by atoms with Crippen LogP contribution in [-0.2, 0) is 0 Å². The zero-order valence-electron chi connectivity index (χ0n) is 5.93. The molecule has 11 heavy (non-hydrogen) atoms. The summed E-state index contributed by atoms with van der Waals surface area (Å²) in [4.78, 5) is 3.11. The van der Waals surface area contributed by atoms with E-state index in [1.54, 1.807) is 13.0 Å². The van der Waals surface area contributed by atoms with Crippen LogP contribution >= 0.6 is 11.6 Å². The van der Waals surface area contributed by atoms with Crippen LogP contribution in [0.4, 0.5) is 5.69 Å². The molecule has 0 fully saturated rings. The Balaban J connectivity index is 3.39. The minimum absolute atomic E-state index is 0.0180. The Morgan fingerprint density at radius 1 is 1.55 bits per heavy atom. The lowest BCUT2D eigenvalue weighted by molar-refractivity contribution is 0.474. The summed E-state index contributed by atoms with van der Waals surface area (Å²) in [7, 11) is 0. The number of phenols is 1. The summed E-state index contributed by atoms with van der Waals surface area (Å²) in [6.07, 6.45) is 0. The molecule has 0 saturated carbocycles. The van der Waals surface area contributed by atoms with E-state index >= 15 is 0 Å². The highest BCUT2D eigenvalue weighted by atomic mass is 35.5.